The smallest absolute Gasteiger partial charge is 0.316 e. The van der Waals surface area contributed by atoms with Crippen molar-refractivity contribution in [1.82, 2.24) is 19.7 Å². The third-order valence-corrected chi connectivity index (χ3v) is 4.26. The van der Waals surface area contributed by atoms with Crippen LogP contribution in [0.4, 0.5) is 4.39 Å². The molecule has 0 unspecified atom stereocenters. The molecular weight excluding hydrogens is 321 g/mol. The Hall–Kier alpha value is -3.27. The van der Waals surface area contributed by atoms with E-state index in [0.717, 1.165) is 34.8 Å². The van der Waals surface area contributed by atoms with Gasteiger partial charge in [-0.05, 0) is 30.2 Å². The van der Waals surface area contributed by atoms with E-state index in [4.69, 9.17) is 10.00 Å². The molecule has 1 aliphatic heterocycles. The van der Waals surface area contributed by atoms with E-state index < -0.39 is 5.82 Å². The molecule has 0 spiro atoms. The van der Waals surface area contributed by atoms with E-state index in [1.165, 1.54) is 0 Å². The number of hydrogen-bond donors (Lipinski definition) is 0. The lowest BCUT2D eigenvalue weighted by molar-refractivity contribution is 0.181. The SMILES string of the molecule is Cc1cc(C#N)ccc1-c1cnn2c1C[C@@H](Oc1ncc(F)cn1)C2. The zero-order valence-corrected chi connectivity index (χ0v) is 13.5. The Morgan fingerprint density at radius 2 is 2.04 bits per heavy atom. The summed E-state index contributed by atoms with van der Waals surface area (Å²) in [5, 5.41) is 13.4. The molecule has 25 heavy (non-hydrogen) atoms. The Morgan fingerprint density at radius 1 is 1.24 bits per heavy atom. The maximum atomic E-state index is 12.9. The number of hydrogen-bond acceptors (Lipinski definition) is 5. The lowest BCUT2D eigenvalue weighted by Crippen LogP contribution is -2.19. The molecule has 6 nitrogen and oxygen atoms in total. The molecule has 0 saturated heterocycles. The normalized spacial score (nSPS) is 15.6. The lowest BCUT2D eigenvalue weighted by atomic mass is 9.98. The number of nitrogens with zero attached hydrogens (tertiary/aromatic N) is 5. The van der Waals surface area contributed by atoms with E-state index in [9.17, 15) is 4.39 Å². The van der Waals surface area contributed by atoms with Crippen molar-refractivity contribution < 1.29 is 9.13 Å². The van der Waals surface area contributed by atoms with Crippen molar-refractivity contribution in [3.05, 3.63) is 59.4 Å². The third kappa shape index (κ3) is 2.83. The second kappa shape index (κ2) is 5.98. The van der Waals surface area contributed by atoms with Gasteiger partial charge in [0.25, 0.3) is 0 Å². The summed E-state index contributed by atoms with van der Waals surface area (Å²) >= 11 is 0. The summed E-state index contributed by atoms with van der Waals surface area (Å²) < 4.78 is 20.5. The predicted octanol–water partition coefficient (Wildman–Crippen LogP) is 2.66. The highest BCUT2D eigenvalue weighted by atomic mass is 19.1. The fourth-order valence-electron chi connectivity index (χ4n) is 3.11. The monoisotopic (exact) mass is 335 g/mol. The van der Waals surface area contributed by atoms with E-state index >= 15 is 0 Å². The molecule has 2 aromatic heterocycles. The van der Waals surface area contributed by atoms with Gasteiger partial charge in [0.05, 0.1) is 42.5 Å². The van der Waals surface area contributed by atoms with E-state index in [-0.39, 0.29) is 12.1 Å². The number of rotatable bonds is 3. The molecule has 0 saturated carbocycles. The summed E-state index contributed by atoms with van der Waals surface area (Å²) in [5.74, 6) is -0.495. The summed E-state index contributed by atoms with van der Waals surface area (Å²) in [6, 6.07) is 7.93. The minimum atomic E-state index is -0.495. The fourth-order valence-corrected chi connectivity index (χ4v) is 3.11. The summed E-state index contributed by atoms with van der Waals surface area (Å²) in [5.41, 5.74) is 4.83. The van der Waals surface area contributed by atoms with Crippen LogP contribution in [0, 0.1) is 24.1 Å². The van der Waals surface area contributed by atoms with Gasteiger partial charge in [-0.1, -0.05) is 6.07 Å². The maximum Gasteiger partial charge on any atom is 0.316 e. The van der Waals surface area contributed by atoms with Gasteiger partial charge >= 0.3 is 6.01 Å². The number of fused-ring (bicyclic) bond motifs is 1. The van der Waals surface area contributed by atoms with E-state index in [0.29, 0.717) is 18.5 Å². The summed E-state index contributed by atoms with van der Waals surface area (Å²) in [7, 11) is 0. The van der Waals surface area contributed by atoms with Gasteiger partial charge in [-0.15, -0.1) is 0 Å². The van der Waals surface area contributed by atoms with E-state index in [1.807, 2.05) is 36.0 Å². The van der Waals surface area contributed by atoms with Crippen LogP contribution in [0.15, 0.2) is 36.8 Å². The second-order valence-electron chi connectivity index (χ2n) is 5.96. The average molecular weight is 335 g/mol. The van der Waals surface area contributed by atoms with Crippen LogP contribution in [0.1, 0.15) is 16.8 Å². The molecule has 0 N–H and O–H groups in total. The molecule has 4 rings (SSSR count). The van der Waals surface area contributed by atoms with Crippen LogP contribution < -0.4 is 4.74 Å². The Morgan fingerprint density at radius 3 is 2.76 bits per heavy atom. The van der Waals surface area contributed by atoms with Crippen LogP contribution in [0.25, 0.3) is 11.1 Å². The fraction of sp³-hybridized carbons (Fsp3) is 0.222. The molecule has 1 atom stereocenters. The van der Waals surface area contributed by atoms with Crippen molar-refractivity contribution in [2.75, 3.05) is 0 Å². The number of benzene rings is 1. The minimum absolute atomic E-state index is 0.147. The zero-order valence-electron chi connectivity index (χ0n) is 13.5. The first kappa shape index (κ1) is 15.3. The van der Waals surface area contributed by atoms with Crippen molar-refractivity contribution in [2.24, 2.45) is 0 Å². The standard InChI is InChI=1S/C18H14FN5O/c1-11-4-12(6-20)2-3-15(11)16-9-23-24-10-14(5-17(16)24)25-18-21-7-13(19)8-22-18/h2-4,7-9,14H,5,10H2,1H3/t14-/m1/s1. The van der Waals surface area contributed by atoms with Crippen molar-refractivity contribution in [3.8, 4) is 23.2 Å². The molecule has 0 radical (unpaired) electrons. The summed E-state index contributed by atoms with van der Waals surface area (Å²) in [6.45, 7) is 2.57. The van der Waals surface area contributed by atoms with Crippen LogP contribution in [0.2, 0.25) is 0 Å². The average Bonchev–Trinajstić information content (AvgIpc) is 3.17. The molecule has 0 fully saturated rings. The molecule has 1 aromatic carbocycles. The van der Waals surface area contributed by atoms with E-state index in [1.54, 1.807) is 0 Å². The first-order valence-corrected chi connectivity index (χ1v) is 7.84. The van der Waals surface area contributed by atoms with Gasteiger partial charge in [0.2, 0.25) is 0 Å². The maximum absolute atomic E-state index is 12.9. The highest BCUT2D eigenvalue weighted by Crippen LogP contribution is 2.31. The summed E-state index contributed by atoms with van der Waals surface area (Å²) in [4.78, 5) is 7.67. The van der Waals surface area contributed by atoms with Gasteiger partial charge < -0.3 is 4.74 Å². The zero-order chi connectivity index (χ0) is 17.4. The topological polar surface area (TPSA) is 76.6 Å². The first-order chi connectivity index (χ1) is 12.1. The predicted molar refractivity (Wildman–Crippen MR) is 87.2 cm³/mol. The largest absolute Gasteiger partial charge is 0.458 e. The molecular formula is C18H14FN5O. The van der Waals surface area contributed by atoms with Crippen LogP contribution in [0.3, 0.4) is 0 Å². The Balaban J connectivity index is 1.57. The highest BCUT2D eigenvalue weighted by Gasteiger charge is 2.28. The summed E-state index contributed by atoms with van der Waals surface area (Å²) in [6.07, 6.45) is 4.53. The Bertz CT molecular complexity index is 974. The number of ether oxygens (including phenoxy) is 1. The molecule has 1 aliphatic rings. The van der Waals surface area contributed by atoms with Crippen molar-refractivity contribution in [2.45, 2.75) is 26.0 Å². The van der Waals surface area contributed by atoms with Gasteiger partial charge in [0, 0.05) is 12.0 Å². The number of aryl methyl sites for hydroxylation is 1. The van der Waals surface area contributed by atoms with Gasteiger partial charge in [-0.2, -0.15) is 10.4 Å². The minimum Gasteiger partial charge on any atom is -0.458 e. The number of halogens is 1. The molecule has 3 aromatic rings. The van der Waals surface area contributed by atoms with Gasteiger partial charge in [0.15, 0.2) is 5.82 Å². The van der Waals surface area contributed by atoms with Crippen molar-refractivity contribution in [3.63, 3.8) is 0 Å². The Labute approximate surface area is 143 Å². The van der Waals surface area contributed by atoms with Crippen LogP contribution in [-0.2, 0) is 13.0 Å². The van der Waals surface area contributed by atoms with Crippen LogP contribution >= 0.6 is 0 Å². The number of aromatic nitrogens is 4. The van der Waals surface area contributed by atoms with Gasteiger partial charge in [-0.3, -0.25) is 4.68 Å². The molecule has 124 valence electrons. The molecule has 3 heterocycles. The van der Waals surface area contributed by atoms with Crippen molar-refractivity contribution in [1.29, 1.82) is 5.26 Å². The lowest BCUT2D eigenvalue weighted by Gasteiger charge is -2.10. The quantitative estimate of drug-likeness (QED) is 0.735. The Kier molecular flexibility index (Phi) is 3.65. The first-order valence-electron chi connectivity index (χ1n) is 7.84. The highest BCUT2D eigenvalue weighted by molar-refractivity contribution is 5.70. The molecule has 0 bridgehead atoms. The molecule has 0 aliphatic carbocycles. The van der Waals surface area contributed by atoms with Gasteiger partial charge in [-0.25, -0.2) is 14.4 Å². The molecule has 7 heteroatoms. The number of nitriles is 1. The molecule has 0 amide bonds. The van der Waals surface area contributed by atoms with E-state index in [2.05, 4.69) is 21.1 Å². The van der Waals surface area contributed by atoms with Crippen LogP contribution in [-0.4, -0.2) is 25.9 Å². The van der Waals surface area contributed by atoms with Gasteiger partial charge in [0.1, 0.15) is 6.10 Å². The van der Waals surface area contributed by atoms with Crippen molar-refractivity contribution >= 4 is 0 Å². The third-order valence-electron chi connectivity index (χ3n) is 4.26. The van der Waals surface area contributed by atoms with Crippen LogP contribution in [0.5, 0.6) is 6.01 Å². The second-order valence-corrected chi connectivity index (χ2v) is 5.96.